The lowest BCUT2D eigenvalue weighted by Gasteiger charge is -2.32. The van der Waals surface area contributed by atoms with Gasteiger partial charge in [-0.1, -0.05) is 117 Å². The first kappa shape index (κ1) is 44.8. The van der Waals surface area contributed by atoms with Crippen molar-refractivity contribution in [2.24, 2.45) is 0 Å². The summed E-state index contributed by atoms with van der Waals surface area (Å²) in [6.45, 7) is 26.8. The zero-order valence-corrected chi connectivity index (χ0v) is 29.5. The van der Waals surface area contributed by atoms with Crippen LogP contribution in [0.5, 0.6) is 0 Å². The van der Waals surface area contributed by atoms with Crippen molar-refractivity contribution in [3.63, 3.8) is 0 Å². The Morgan fingerprint density at radius 1 is 0.395 bits per heavy atom. The summed E-state index contributed by atoms with van der Waals surface area (Å²) in [5.41, 5.74) is 0. The minimum absolute atomic E-state index is 0. The predicted octanol–water partition coefficient (Wildman–Crippen LogP) is 3.90. The molecule has 0 aromatic rings. The molecule has 0 heterocycles. The fourth-order valence-electron chi connectivity index (χ4n) is 5.02. The van der Waals surface area contributed by atoms with E-state index >= 15 is 0 Å². The minimum atomic E-state index is 0. The highest BCUT2D eigenvalue weighted by molar-refractivity contribution is 4.72. The number of hydrogen-bond donors (Lipinski definition) is 0. The van der Waals surface area contributed by atoms with Gasteiger partial charge in [-0.2, -0.15) is 0 Å². The summed E-state index contributed by atoms with van der Waals surface area (Å²) >= 11 is 0. The van der Waals surface area contributed by atoms with Crippen LogP contribution in [0, 0.1) is 0 Å². The van der Waals surface area contributed by atoms with Crippen LogP contribution in [0.1, 0.15) is 117 Å². The highest BCUT2D eigenvalue weighted by atomic mass is 79.9. The molecule has 0 aromatic carbocycles. The second kappa shape index (κ2) is 33.0. The number of rotatable bonds is 26. The lowest BCUT2D eigenvalue weighted by molar-refractivity contribution is -0.898. The summed E-state index contributed by atoms with van der Waals surface area (Å²) in [4.78, 5) is 0. The quantitative estimate of drug-likeness (QED) is 0.0749. The van der Waals surface area contributed by atoms with Gasteiger partial charge in [0, 0.05) is 0 Å². The van der Waals surface area contributed by atoms with Gasteiger partial charge in [-0.25, -0.2) is 0 Å². The van der Waals surface area contributed by atoms with Crippen LogP contribution < -0.4 is 34.0 Å². The molecule has 0 aliphatic heterocycles. The van der Waals surface area contributed by atoms with Crippen LogP contribution in [-0.4, -0.2) is 62.3 Å². The second-order valence-electron chi connectivity index (χ2n) is 11.5. The summed E-state index contributed by atoms with van der Waals surface area (Å²) < 4.78 is 2.14. The first-order valence-electron chi connectivity index (χ1n) is 15.5. The van der Waals surface area contributed by atoms with Gasteiger partial charge < -0.3 is 42.9 Å². The largest absolute Gasteiger partial charge is 1.00 e. The molecule has 0 saturated heterocycles. The highest BCUT2D eigenvalue weighted by Crippen LogP contribution is 2.13. The summed E-state index contributed by atoms with van der Waals surface area (Å²) in [6.07, 6.45) is 30.5. The Kier molecular flexibility index (Phi) is 39.0. The van der Waals surface area contributed by atoms with Crippen molar-refractivity contribution in [2.45, 2.75) is 117 Å². The summed E-state index contributed by atoms with van der Waals surface area (Å²) in [6, 6.07) is 0. The molecule has 4 heteroatoms. The normalized spacial score (nSPS) is 10.8. The van der Waals surface area contributed by atoms with Crippen LogP contribution in [-0.2, 0) is 0 Å². The summed E-state index contributed by atoms with van der Waals surface area (Å²) in [7, 11) is 4.62. The average Bonchev–Trinajstić information content (AvgIpc) is 2.83. The van der Waals surface area contributed by atoms with Gasteiger partial charge in [-0.15, -0.1) is 0 Å². The Morgan fingerprint density at radius 3 is 0.816 bits per heavy atom. The molecule has 0 bridgehead atoms. The molecule has 0 aromatic heterocycles. The molecule has 0 aliphatic carbocycles. The van der Waals surface area contributed by atoms with Gasteiger partial charge in [-0.3, -0.25) is 0 Å². The Balaban J connectivity index is -0.000000289. The Bertz CT molecular complexity index is 453. The second-order valence-corrected chi connectivity index (χ2v) is 11.5. The monoisotopic (exact) mass is 662 g/mol. The lowest BCUT2D eigenvalue weighted by Crippen LogP contribution is -3.00. The van der Waals surface area contributed by atoms with Crippen LogP contribution in [0.3, 0.4) is 0 Å². The maximum absolute atomic E-state index is 3.86. The molecule has 0 unspecified atom stereocenters. The van der Waals surface area contributed by atoms with Gasteiger partial charge >= 0.3 is 0 Å². The smallest absolute Gasteiger partial charge is 0.0971 e. The van der Waals surface area contributed by atoms with Gasteiger partial charge in [0.15, 0.2) is 0 Å². The van der Waals surface area contributed by atoms with Gasteiger partial charge in [0.2, 0.25) is 0 Å². The number of hydrogen-bond acceptors (Lipinski definition) is 0. The predicted molar refractivity (Wildman–Crippen MR) is 168 cm³/mol. The van der Waals surface area contributed by atoms with E-state index in [1.54, 1.807) is 0 Å². The maximum atomic E-state index is 3.86. The molecule has 0 radical (unpaired) electrons. The van der Waals surface area contributed by atoms with Crippen LogP contribution in [0.2, 0.25) is 0 Å². The Morgan fingerprint density at radius 2 is 0.605 bits per heavy atom. The van der Waals surface area contributed by atoms with Crippen molar-refractivity contribution >= 4 is 0 Å². The van der Waals surface area contributed by atoms with E-state index < -0.39 is 0 Å². The molecule has 228 valence electrons. The van der Waals surface area contributed by atoms with E-state index in [4.69, 9.17) is 0 Å². The highest BCUT2D eigenvalue weighted by Gasteiger charge is 2.17. The molecule has 0 atom stereocenters. The lowest BCUT2D eigenvalue weighted by atomic mass is 10.1. The molecule has 0 saturated carbocycles. The Labute approximate surface area is 262 Å². The number of likely N-dealkylation sites (N-methyl/N-ethyl adjacent to an activating group) is 2. The third kappa shape index (κ3) is 30.4. The van der Waals surface area contributed by atoms with E-state index in [0.29, 0.717) is 0 Å². The van der Waals surface area contributed by atoms with Crippen molar-refractivity contribution in [3.05, 3.63) is 50.6 Å². The standard InChI is InChI=1S/2C17H34N.2BrH/c2*1-5-8-9-10-11-12-13-14-17-18(4,15-6-2)16-7-3;;/h2*6-7H,2-3,5,8-17H2,1,4H3;2*1H/q2*+1;;/p-2. The molecule has 0 spiro atoms. The number of quaternary nitrogens is 2. The van der Waals surface area contributed by atoms with Crippen molar-refractivity contribution < 1.29 is 42.9 Å². The molecule has 2 nitrogen and oxygen atoms in total. The van der Waals surface area contributed by atoms with Gasteiger partial charge in [0.25, 0.3) is 0 Å². The molecule has 38 heavy (non-hydrogen) atoms. The number of unbranched alkanes of at least 4 members (excludes halogenated alkanes) is 14. The van der Waals surface area contributed by atoms with E-state index in [0.717, 1.165) is 35.1 Å². The number of nitrogens with zero attached hydrogens (tertiary/aromatic N) is 2. The number of halogens is 2. The molecular formula is C34H68Br2N2. The van der Waals surface area contributed by atoms with Gasteiger partial charge in [0.05, 0.1) is 53.4 Å². The van der Waals surface area contributed by atoms with Crippen molar-refractivity contribution in [3.8, 4) is 0 Å². The fourth-order valence-corrected chi connectivity index (χ4v) is 5.02. The van der Waals surface area contributed by atoms with E-state index in [1.165, 1.54) is 116 Å². The molecule has 0 fully saturated rings. The molecule has 0 N–H and O–H groups in total. The Hall–Kier alpha value is -0.160. The fraction of sp³-hybridized carbons (Fsp3) is 0.765. The average molecular weight is 665 g/mol. The SMILES string of the molecule is C=CC[N+](C)(CC=C)CCCCCCCCCC.C=CC[N+](C)(CC=C)CCCCCCCCCC.[Br-].[Br-]. The minimum Gasteiger partial charge on any atom is -1.00 e. The first-order valence-corrected chi connectivity index (χ1v) is 15.5. The zero-order valence-electron chi connectivity index (χ0n) is 26.3. The summed E-state index contributed by atoms with van der Waals surface area (Å²) in [5, 5.41) is 0. The van der Waals surface area contributed by atoms with Crippen LogP contribution >= 0.6 is 0 Å². The molecule has 0 aliphatic rings. The third-order valence-corrected chi connectivity index (χ3v) is 7.38. The van der Waals surface area contributed by atoms with Crippen molar-refractivity contribution in [2.75, 3.05) is 53.4 Å². The van der Waals surface area contributed by atoms with E-state index in [1.807, 2.05) is 24.3 Å². The van der Waals surface area contributed by atoms with Gasteiger partial charge in [-0.05, 0) is 50.0 Å². The van der Waals surface area contributed by atoms with Crippen molar-refractivity contribution in [1.29, 1.82) is 0 Å². The third-order valence-electron chi connectivity index (χ3n) is 7.38. The van der Waals surface area contributed by atoms with Crippen LogP contribution in [0.15, 0.2) is 50.6 Å². The van der Waals surface area contributed by atoms with Crippen LogP contribution in [0.4, 0.5) is 0 Å². The molecule has 0 amide bonds. The maximum Gasteiger partial charge on any atom is 0.0971 e. The van der Waals surface area contributed by atoms with Gasteiger partial charge in [0.1, 0.15) is 0 Å². The zero-order chi connectivity index (χ0) is 27.4. The first-order chi connectivity index (χ1) is 17.4. The molecular weight excluding hydrogens is 596 g/mol. The topological polar surface area (TPSA) is 0 Å². The van der Waals surface area contributed by atoms with E-state index in [9.17, 15) is 0 Å². The van der Waals surface area contributed by atoms with E-state index in [-0.39, 0.29) is 34.0 Å². The van der Waals surface area contributed by atoms with Crippen LogP contribution in [0.25, 0.3) is 0 Å². The molecule has 0 rings (SSSR count). The van der Waals surface area contributed by atoms with E-state index in [2.05, 4.69) is 54.3 Å². The summed E-state index contributed by atoms with van der Waals surface area (Å²) in [5.74, 6) is 0. The van der Waals surface area contributed by atoms with Crippen molar-refractivity contribution in [1.82, 2.24) is 0 Å².